The fraction of sp³-hybridized carbons (Fsp3) is 0.286. The van der Waals surface area contributed by atoms with Gasteiger partial charge in [-0.05, 0) is 30.0 Å². The lowest BCUT2D eigenvalue weighted by Gasteiger charge is -2.02. The summed E-state index contributed by atoms with van der Waals surface area (Å²) in [7, 11) is 0. The van der Waals surface area contributed by atoms with Crippen LogP contribution < -0.4 is 5.73 Å². The molecule has 0 saturated carbocycles. The lowest BCUT2D eigenvalue weighted by Crippen LogP contribution is -2.10. The van der Waals surface area contributed by atoms with Crippen LogP contribution >= 0.6 is 0 Å². The number of aryl methyl sites for hydroxylation is 1. The Bertz CT molecular complexity index is 834. The monoisotopic (exact) mass is 418 g/mol. The highest BCUT2D eigenvalue weighted by molar-refractivity contribution is 5.98. The zero-order valence-electron chi connectivity index (χ0n) is 19.9. The maximum absolute atomic E-state index is 10.8. The zero-order valence-corrected chi connectivity index (χ0v) is 19.9. The van der Waals surface area contributed by atoms with E-state index in [0.717, 1.165) is 6.42 Å². The number of rotatable bonds is 4. The number of nitrogen functional groups attached to an aromatic ring is 1. The summed E-state index contributed by atoms with van der Waals surface area (Å²) in [5.74, 6) is 0.0372. The van der Waals surface area contributed by atoms with Gasteiger partial charge < -0.3 is 5.73 Å². The van der Waals surface area contributed by atoms with Crippen LogP contribution in [0.2, 0.25) is 0 Å². The predicted octanol–water partition coefficient (Wildman–Crippen LogP) is 7.53. The molecule has 0 saturated heterocycles. The molecule has 0 aliphatic rings. The van der Waals surface area contributed by atoms with Crippen molar-refractivity contribution in [2.75, 3.05) is 0 Å². The molecule has 0 fully saturated rings. The largest absolute Gasteiger partial charge is 0.384 e. The molecule has 166 valence electrons. The average Bonchev–Trinajstić information content (AvgIpc) is 2.82. The molecule has 0 spiro atoms. The van der Waals surface area contributed by atoms with E-state index in [1.807, 2.05) is 19.9 Å². The third-order valence-electron chi connectivity index (χ3n) is 4.07. The molecule has 0 heterocycles. The smallest absolute Gasteiger partial charge is 0.159 e. The first-order valence-corrected chi connectivity index (χ1v) is 11.0. The van der Waals surface area contributed by atoms with Gasteiger partial charge in [0, 0.05) is 11.1 Å². The second-order valence-electron chi connectivity index (χ2n) is 6.67. The standard InChI is InChI=1S/C14H14.C9H10N2O.C3H8.C2H6/c1-2-12-8-10-14(11-9-12)13-6-4-3-5-7-13;1-6(12)7-2-4-8(5-3-7)9(10)11;1-3-2;1-2/h3-11H,2H2,1H3;2-5H,1H3,(H3,10,11);3H2,1-2H3;1-2H3. The van der Waals surface area contributed by atoms with Crippen molar-refractivity contribution in [3.63, 3.8) is 0 Å². The number of nitrogens with one attached hydrogen (secondary N) is 1. The van der Waals surface area contributed by atoms with Gasteiger partial charge in [0.2, 0.25) is 0 Å². The number of hydrogen-bond donors (Lipinski definition) is 2. The summed E-state index contributed by atoms with van der Waals surface area (Å²) in [6.45, 7) is 11.9. The van der Waals surface area contributed by atoms with Crippen LogP contribution in [0.25, 0.3) is 11.1 Å². The minimum Gasteiger partial charge on any atom is -0.384 e. The third kappa shape index (κ3) is 10.9. The van der Waals surface area contributed by atoms with E-state index < -0.39 is 0 Å². The molecule has 31 heavy (non-hydrogen) atoms. The molecular weight excluding hydrogens is 380 g/mol. The number of benzene rings is 3. The fourth-order valence-electron chi connectivity index (χ4n) is 2.45. The summed E-state index contributed by atoms with van der Waals surface area (Å²) in [6, 6.07) is 25.9. The van der Waals surface area contributed by atoms with E-state index in [1.54, 1.807) is 24.3 Å². The Labute approximate surface area is 188 Å². The highest BCUT2D eigenvalue weighted by Gasteiger charge is 1.99. The molecule has 0 bridgehead atoms. The molecule has 3 nitrogen and oxygen atoms in total. The zero-order chi connectivity index (χ0) is 23.6. The van der Waals surface area contributed by atoms with Crippen molar-refractivity contribution in [2.24, 2.45) is 5.73 Å². The van der Waals surface area contributed by atoms with Gasteiger partial charge in [0.15, 0.2) is 5.78 Å². The van der Waals surface area contributed by atoms with Gasteiger partial charge >= 0.3 is 0 Å². The maximum atomic E-state index is 10.8. The van der Waals surface area contributed by atoms with Crippen LogP contribution in [0.5, 0.6) is 0 Å². The summed E-state index contributed by atoms with van der Waals surface area (Å²) in [4.78, 5) is 10.8. The van der Waals surface area contributed by atoms with E-state index in [9.17, 15) is 4.79 Å². The van der Waals surface area contributed by atoms with Crippen molar-refractivity contribution in [1.82, 2.24) is 0 Å². The topological polar surface area (TPSA) is 66.9 Å². The first kappa shape index (κ1) is 27.8. The fourth-order valence-corrected chi connectivity index (χ4v) is 2.45. The molecule has 0 aliphatic heterocycles. The van der Waals surface area contributed by atoms with E-state index in [-0.39, 0.29) is 11.6 Å². The van der Waals surface area contributed by atoms with Crippen LogP contribution in [-0.2, 0) is 6.42 Å². The lowest BCUT2D eigenvalue weighted by atomic mass is 10.0. The summed E-state index contributed by atoms with van der Waals surface area (Å²) >= 11 is 0. The summed E-state index contributed by atoms with van der Waals surface area (Å²) in [6.07, 6.45) is 2.36. The van der Waals surface area contributed by atoms with Gasteiger partial charge in [-0.1, -0.05) is 120 Å². The van der Waals surface area contributed by atoms with Gasteiger partial charge in [-0.25, -0.2) is 0 Å². The Kier molecular flexibility index (Phi) is 14.9. The van der Waals surface area contributed by atoms with Crippen LogP contribution in [-0.4, -0.2) is 11.6 Å². The van der Waals surface area contributed by atoms with Crippen LogP contribution in [0.3, 0.4) is 0 Å². The Balaban J connectivity index is 0.000000486. The van der Waals surface area contributed by atoms with Gasteiger partial charge in [0.05, 0.1) is 0 Å². The number of hydrogen-bond acceptors (Lipinski definition) is 2. The van der Waals surface area contributed by atoms with E-state index in [1.165, 1.54) is 30.0 Å². The summed E-state index contributed by atoms with van der Waals surface area (Å²) in [5.41, 5.74) is 10.5. The molecular formula is C28H38N2O. The number of amidine groups is 1. The highest BCUT2D eigenvalue weighted by Crippen LogP contribution is 2.19. The van der Waals surface area contributed by atoms with Crippen molar-refractivity contribution >= 4 is 11.6 Å². The molecule has 0 unspecified atom stereocenters. The van der Waals surface area contributed by atoms with E-state index in [2.05, 4.69) is 69.3 Å². The van der Waals surface area contributed by atoms with Gasteiger partial charge in [-0.2, -0.15) is 0 Å². The SMILES string of the molecule is CC.CC(=O)c1ccc(C(=N)N)cc1.CCC.CCc1ccc(-c2ccccc2)cc1. The average molecular weight is 419 g/mol. The number of carbonyl (C=O) groups excluding carboxylic acids is 1. The predicted molar refractivity (Wildman–Crippen MR) is 136 cm³/mol. The van der Waals surface area contributed by atoms with Crippen molar-refractivity contribution in [1.29, 1.82) is 5.41 Å². The minimum absolute atomic E-state index is 0.0186. The summed E-state index contributed by atoms with van der Waals surface area (Å²) < 4.78 is 0. The van der Waals surface area contributed by atoms with Crippen molar-refractivity contribution < 1.29 is 4.79 Å². The Hall–Kier alpha value is -3.20. The molecule has 3 aromatic carbocycles. The molecule has 0 amide bonds. The van der Waals surface area contributed by atoms with Gasteiger partial charge in [-0.3, -0.25) is 10.2 Å². The van der Waals surface area contributed by atoms with Crippen molar-refractivity contribution in [3.05, 3.63) is 95.6 Å². The van der Waals surface area contributed by atoms with Crippen LogP contribution in [0.4, 0.5) is 0 Å². The maximum Gasteiger partial charge on any atom is 0.159 e. The number of carbonyl (C=O) groups is 1. The second kappa shape index (κ2) is 16.6. The highest BCUT2D eigenvalue weighted by atomic mass is 16.1. The Morgan fingerprint density at radius 2 is 1.16 bits per heavy atom. The van der Waals surface area contributed by atoms with E-state index >= 15 is 0 Å². The van der Waals surface area contributed by atoms with E-state index in [4.69, 9.17) is 11.1 Å². The molecule has 0 aliphatic carbocycles. The Morgan fingerprint density at radius 3 is 1.55 bits per heavy atom. The summed E-state index contributed by atoms with van der Waals surface area (Å²) in [5, 5.41) is 7.11. The molecule has 3 aromatic rings. The normalized spacial score (nSPS) is 8.97. The molecule has 0 atom stereocenters. The number of nitrogens with two attached hydrogens (primary N) is 1. The molecule has 0 aromatic heterocycles. The van der Waals surface area contributed by atoms with Crippen molar-refractivity contribution in [2.45, 2.75) is 54.4 Å². The molecule has 3 N–H and O–H groups in total. The minimum atomic E-state index is 0.0186. The van der Waals surface area contributed by atoms with Crippen LogP contribution in [0.15, 0.2) is 78.9 Å². The van der Waals surface area contributed by atoms with Crippen LogP contribution in [0, 0.1) is 5.41 Å². The second-order valence-corrected chi connectivity index (χ2v) is 6.67. The van der Waals surface area contributed by atoms with Gasteiger partial charge in [0.1, 0.15) is 5.84 Å². The Morgan fingerprint density at radius 1 is 0.742 bits per heavy atom. The van der Waals surface area contributed by atoms with E-state index in [0.29, 0.717) is 11.1 Å². The first-order valence-electron chi connectivity index (χ1n) is 11.0. The van der Waals surface area contributed by atoms with Gasteiger partial charge in [-0.15, -0.1) is 0 Å². The lowest BCUT2D eigenvalue weighted by molar-refractivity contribution is 0.101. The van der Waals surface area contributed by atoms with Crippen LogP contribution in [0.1, 0.15) is 69.4 Å². The number of ketones is 1. The quantitative estimate of drug-likeness (QED) is 0.261. The first-order chi connectivity index (χ1) is 14.9. The third-order valence-corrected chi connectivity index (χ3v) is 4.07. The van der Waals surface area contributed by atoms with Crippen molar-refractivity contribution in [3.8, 4) is 11.1 Å². The number of Topliss-reactive ketones (excluding diaryl/α,β-unsaturated/α-hetero) is 1. The molecule has 0 radical (unpaired) electrons. The van der Waals surface area contributed by atoms with Gasteiger partial charge in [0.25, 0.3) is 0 Å². The molecule has 3 rings (SSSR count). The molecule has 3 heteroatoms.